The molecule has 5 fully saturated rings. The molecule has 0 spiro atoms. The van der Waals surface area contributed by atoms with Crippen LogP contribution in [0.1, 0.15) is 44.9 Å². The van der Waals surface area contributed by atoms with Crippen LogP contribution in [0.3, 0.4) is 0 Å². The quantitative estimate of drug-likeness (QED) is 0.545. The molecule has 1 heterocycles. The molecule has 1 aliphatic heterocycles. The summed E-state index contributed by atoms with van der Waals surface area (Å²) in [5.41, 5.74) is 0.217. The van der Waals surface area contributed by atoms with Gasteiger partial charge in [-0.05, 0) is 61.7 Å². The van der Waals surface area contributed by atoms with Gasteiger partial charge in [0.2, 0.25) is 11.8 Å². The van der Waals surface area contributed by atoms with Gasteiger partial charge in [-0.2, -0.15) is 0 Å². The molecule has 5 rings (SSSR count). The van der Waals surface area contributed by atoms with Crippen LogP contribution in [0.5, 0.6) is 0 Å². The number of aliphatic hydroxyl groups is 1. The standard InChI is InChI=1S/C19H31N3O3.ClH/c23-16-10-20-8-15(16)9-21-18(25)11-22-17(24)7-19-4-12-1-13(5-19)3-14(2-12)6-19;/h12-16,20,23H,1-11H2,(H,21,25)(H,22,24);1H. The van der Waals surface area contributed by atoms with Crippen LogP contribution in [0.15, 0.2) is 0 Å². The number of aliphatic hydroxyl groups excluding tert-OH is 1. The highest BCUT2D eigenvalue weighted by atomic mass is 35.5. The summed E-state index contributed by atoms with van der Waals surface area (Å²) < 4.78 is 0. The average Bonchev–Trinajstić information content (AvgIpc) is 2.94. The maximum Gasteiger partial charge on any atom is 0.239 e. The van der Waals surface area contributed by atoms with E-state index < -0.39 is 6.10 Å². The minimum atomic E-state index is -0.397. The van der Waals surface area contributed by atoms with Crippen LogP contribution in [-0.4, -0.2) is 49.2 Å². The summed E-state index contributed by atoms with van der Waals surface area (Å²) in [5, 5.41) is 18.5. The number of hydrogen-bond donors (Lipinski definition) is 4. The molecule has 2 unspecified atom stereocenters. The molecular weight excluding hydrogens is 354 g/mol. The lowest BCUT2D eigenvalue weighted by atomic mass is 9.49. The Balaban J connectivity index is 0.00000196. The molecule has 0 radical (unpaired) electrons. The molecule has 0 aromatic rings. The number of β-amino-alcohol motifs (C(OH)–C–C–N with tert-alkyl or cyclic N) is 1. The van der Waals surface area contributed by atoms with E-state index in [9.17, 15) is 14.7 Å². The van der Waals surface area contributed by atoms with E-state index in [-0.39, 0.29) is 42.1 Å². The number of halogens is 1. The molecule has 2 atom stereocenters. The molecule has 4 aliphatic carbocycles. The molecule has 0 aromatic carbocycles. The van der Waals surface area contributed by atoms with Gasteiger partial charge in [0, 0.05) is 32.0 Å². The Morgan fingerprint density at radius 1 is 0.962 bits per heavy atom. The molecule has 2 amide bonds. The van der Waals surface area contributed by atoms with E-state index in [0.717, 1.165) is 24.3 Å². The van der Waals surface area contributed by atoms with Gasteiger partial charge in [-0.1, -0.05) is 0 Å². The normalized spacial score (nSPS) is 40.1. The van der Waals surface area contributed by atoms with E-state index in [1.807, 2.05) is 0 Å². The summed E-state index contributed by atoms with van der Waals surface area (Å²) in [5.74, 6) is 2.45. The molecule has 4 bridgehead atoms. The van der Waals surface area contributed by atoms with E-state index >= 15 is 0 Å². The first-order chi connectivity index (χ1) is 12.0. The fourth-order valence-electron chi connectivity index (χ4n) is 6.32. The first kappa shape index (κ1) is 19.9. The number of nitrogens with one attached hydrogen (secondary N) is 3. The van der Waals surface area contributed by atoms with Crippen molar-refractivity contribution in [2.24, 2.45) is 29.1 Å². The van der Waals surface area contributed by atoms with Crippen LogP contribution in [-0.2, 0) is 9.59 Å². The third-order valence-corrected chi connectivity index (χ3v) is 7.01. The molecule has 26 heavy (non-hydrogen) atoms. The van der Waals surface area contributed by atoms with Gasteiger partial charge < -0.3 is 21.1 Å². The van der Waals surface area contributed by atoms with E-state index in [2.05, 4.69) is 16.0 Å². The summed E-state index contributed by atoms with van der Waals surface area (Å²) in [4.78, 5) is 24.4. The molecule has 1 saturated heterocycles. The van der Waals surface area contributed by atoms with Crippen molar-refractivity contribution in [3.05, 3.63) is 0 Å². The van der Waals surface area contributed by atoms with Crippen LogP contribution in [0.4, 0.5) is 0 Å². The Morgan fingerprint density at radius 3 is 2.12 bits per heavy atom. The number of carbonyl (C=O) groups excluding carboxylic acids is 2. The highest BCUT2D eigenvalue weighted by molar-refractivity contribution is 5.85. The lowest BCUT2D eigenvalue weighted by Gasteiger charge is -2.56. The monoisotopic (exact) mass is 385 g/mol. The van der Waals surface area contributed by atoms with Crippen LogP contribution in [0, 0.1) is 29.1 Å². The summed E-state index contributed by atoms with van der Waals surface area (Å²) in [7, 11) is 0. The Hall–Kier alpha value is -0.850. The van der Waals surface area contributed by atoms with Gasteiger partial charge in [-0.3, -0.25) is 9.59 Å². The topological polar surface area (TPSA) is 90.5 Å². The first-order valence-electron chi connectivity index (χ1n) is 9.93. The van der Waals surface area contributed by atoms with Crippen LogP contribution < -0.4 is 16.0 Å². The maximum absolute atomic E-state index is 12.4. The third kappa shape index (κ3) is 4.34. The van der Waals surface area contributed by atoms with Crippen molar-refractivity contribution in [1.82, 2.24) is 16.0 Å². The van der Waals surface area contributed by atoms with Crippen molar-refractivity contribution in [3.63, 3.8) is 0 Å². The van der Waals surface area contributed by atoms with Crippen molar-refractivity contribution in [2.75, 3.05) is 26.2 Å². The highest BCUT2D eigenvalue weighted by Gasteiger charge is 2.51. The fourth-order valence-corrected chi connectivity index (χ4v) is 6.32. The number of rotatable bonds is 6. The summed E-state index contributed by atoms with van der Waals surface area (Å²) in [6.45, 7) is 1.81. The van der Waals surface area contributed by atoms with E-state index in [1.54, 1.807) is 0 Å². The van der Waals surface area contributed by atoms with E-state index in [0.29, 0.717) is 19.5 Å². The van der Waals surface area contributed by atoms with Gasteiger partial charge in [0.05, 0.1) is 12.6 Å². The first-order valence-corrected chi connectivity index (χ1v) is 9.93. The average molecular weight is 386 g/mol. The Morgan fingerprint density at radius 2 is 1.58 bits per heavy atom. The number of hydrogen-bond acceptors (Lipinski definition) is 4. The molecule has 4 saturated carbocycles. The minimum Gasteiger partial charge on any atom is -0.391 e. The van der Waals surface area contributed by atoms with E-state index in [4.69, 9.17) is 0 Å². The lowest BCUT2D eigenvalue weighted by Crippen LogP contribution is -2.48. The lowest BCUT2D eigenvalue weighted by molar-refractivity contribution is -0.132. The number of carbonyl (C=O) groups is 2. The van der Waals surface area contributed by atoms with Crippen LogP contribution in [0.2, 0.25) is 0 Å². The fraction of sp³-hybridized carbons (Fsp3) is 0.895. The van der Waals surface area contributed by atoms with Crippen molar-refractivity contribution >= 4 is 24.2 Å². The Bertz CT molecular complexity index is 507. The minimum absolute atomic E-state index is 0. The largest absolute Gasteiger partial charge is 0.391 e. The van der Waals surface area contributed by atoms with Crippen LogP contribution in [0.25, 0.3) is 0 Å². The van der Waals surface area contributed by atoms with E-state index in [1.165, 1.54) is 38.5 Å². The second kappa shape index (κ2) is 8.03. The molecular formula is C19H32ClN3O3. The van der Waals surface area contributed by atoms with Gasteiger partial charge in [0.1, 0.15) is 0 Å². The van der Waals surface area contributed by atoms with Crippen molar-refractivity contribution in [1.29, 1.82) is 0 Å². The zero-order valence-electron chi connectivity index (χ0n) is 15.3. The maximum atomic E-state index is 12.4. The molecule has 4 N–H and O–H groups in total. The molecule has 7 heteroatoms. The van der Waals surface area contributed by atoms with Gasteiger partial charge in [-0.25, -0.2) is 0 Å². The number of amides is 2. The Labute approximate surface area is 161 Å². The third-order valence-electron chi connectivity index (χ3n) is 7.01. The molecule has 148 valence electrons. The Kier molecular flexibility index (Phi) is 6.14. The van der Waals surface area contributed by atoms with Crippen LogP contribution >= 0.6 is 12.4 Å². The zero-order chi connectivity index (χ0) is 17.4. The molecule has 0 aromatic heterocycles. The van der Waals surface area contributed by atoms with Crippen molar-refractivity contribution in [3.8, 4) is 0 Å². The van der Waals surface area contributed by atoms with Gasteiger partial charge in [-0.15, -0.1) is 12.4 Å². The van der Waals surface area contributed by atoms with Gasteiger partial charge in [0.25, 0.3) is 0 Å². The summed E-state index contributed by atoms with van der Waals surface area (Å²) in [6.07, 6.45) is 7.98. The summed E-state index contributed by atoms with van der Waals surface area (Å²) >= 11 is 0. The van der Waals surface area contributed by atoms with Crippen molar-refractivity contribution < 1.29 is 14.7 Å². The highest BCUT2D eigenvalue weighted by Crippen LogP contribution is 2.61. The zero-order valence-corrected chi connectivity index (χ0v) is 16.2. The second-order valence-electron chi connectivity index (χ2n) is 9.16. The van der Waals surface area contributed by atoms with Gasteiger partial charge >= 0.3 is 0 Å². The second-order valence-corrected chi connectivity index (χ2v) is 9.16. The smallest absolute Gasteiger partial charge is 0.239 e. The molecule has 6 nitrogen and oxygen atoms in total. The SMILES string of the molecule is Cl.O=C(CNC(=O)CC12CC3CC(CC(C3)C1)C2)NCC1CNCC1O. The predicted octanol–water partition coefficient (Wildman–Crippen LogP) is 0.827. The van der Waals surface area contributed by atoms with Crippen molar-refractivity contribution in [2.45, 2.75) is 51.0 Å². The summed E-state index contributed by atoms with van der Waals surface area (Å²) in [6, 6.07) is 0. The predicted molar refractivity (Wildman–Crippen MR) is 101 cm³/mol. The van der Waals surface area contributed by atoms with Gasteiger partial charge in [0.15, 0.2) is 0 Å². The molecule has 5 aliphatic rings.